The summed E-state index contributed by atoms with van der Waals surface area (Å²) in [4.78, 5) is 0. The Morgan fingerprint density at radius 1 is 1.12 bits per heavy atom. The van der Waals surface area contributed by atoms with E-state index in [9.17, 15) is 0 Å². The number of nitrogens with zero attached hydrogens (tertiary/aromatic N) is 1. The molecule has 2 fully saturated rings. The SMILES string of the molecule is CCC(C)N(C1CCCC1)[Si]1(C)CCCC1. The van der Waals surface area contributed by atoms with Gasteiger partial charge in [-0.15, -0.1) is 0 Å². The predicted octanol–water partition coefficient (Wildman–Crippen LogP) is 4.40. The van der Waals surface area contributed by atoms with Gasteiger partial charge in [0.15, 0.2) is 0 Å². The first-order chi connectivity index (χ1) is 7.67. The van der Waals surface area contributed by atoms with Gasteiger partial charge >= 0.3 is 0 Å². The van der Waals surface area contributed by atoms with E-state index in [0.717, 1.165) is 12.1 Å². The molecule has 1 heterocycles. The smallest absolute Gasteiger partial charge is 0.125 e. The Kier molecular flexibility index (Phi) is 4.12. The average Bonchev–Trinajstić information content (AvgIpc) is 2.90. The Labute approximate surface area is 103 Å². The Bertz CT molecular complexity index is 217. The van der Waals surface area contributed by atoms with Crippen LogP contribution in [0.3, 0.4) is 0 Å². The van der Waals surface area contributed by atoms with E-state index in [1.54, 1.807) is 12.1 Å². The summed E-state index contributed by atoms with van der Waals surface area (Å²) >= 11 is 0. The van der Waals surface area contributed by atoms with E-state index < -0.39 is 8.24 Å². The van der Waals surface area contributed by atoms with E-state index in [-0.39, 0.29) is 0 Å². The molecule has 0 aromatic carbocycles. The summed E-state index contributed by atoms with van der Waals surface area (Å²) in [6.45, 7) is 7.53. The highest BCUT2D eigenvalue weighted by Gasteiger charge is 2.43. The molecule has 0 radical (unpaired) electrons. The lowest BCUT2D eigenvalue weighted by molar-refractivity contribution is 0.246. The fourth-order valence-electron chi connectivity index (χ4n) is 4.11. The Balaban J connectivity index is 2.12. The van der Waals surface area contributed by atoms with Crippen molar-refractivity contribution in [3.63, 3.8) is 0 Å². The molecular formula is C14H29NSi. The van der Waals surface area contributed by atoms with Crippen LogP contribution in [0.1, 0.15) is 58.8 Å². The standard InChI is InChI=1S/C14H29NSi/c1-4-13(2)15(14-9-5-6-10-14)16(3)11-7-8-12-16/h13-14H,4-12H2,1-3H3. The number of rotatable bonds is 4. The second kappa shape index (κ2) is 5.22. The second-order valence-electron chi connectivity index (χ2n) is 6.31. The quantitative estimate of drug-likeness (QED) is 0.657. The van der Waals surface area contributed by atoms with Crippen LogP contribution in [0.4, 0.5) is 0 Å². The fourth-order valence-corrected chi connectivity index (χ4v) is 9.28. The molecule has 1 saturated carbocycles. The van der Waals surface area contributed by atoms with Crippen LogP contribution in [-0.4, -0.2) is 24.9 Å². The van der Waals surface area contributed by atoms with Crippen molar-refractivity contribution in [3.05, 3.63) is 0 Å². The molecule has 1 aliphatic heterocycles. The van der Waals surface area contributed by atoms with Crippen molar-refractivity contribution >= 4 is 8.24 Å². The molecule has 0 spiro atoms. The van der Waals surface area contributed by atoms with Gasteiger partial charge in [-0.2, -0.15) is 0 Å². The van der Waals surface area contributed by atoms with E-state index in [0.29, 0.717) is 0 Å². The van der Waals surface area contributed by atoms with Crippen LogP contribution in [0.25, 0.3) is 0 Å². The van der Waals surface area contributed by atoms with Crippen molar-refractivity contribution in [2.24, 2.45) is 0 Å². The lowest BCUT2D eigenvalue weighted by atomic mass is 10.2. The van der Waals surface area contributed by atoms with Gasteiger partial charge < -0.3 is 4.57 Å². The van der Waals surface area contributed by atoms with E-state index in [1.807, 2.05) is 0 Å². The van der Waals surface area contributed by atoms with Crippen molar-refractivity contribution < 1.29 is 0 Å². The summed E-state index contributed by atoms with van der Waals surface area (Å²) in [6, 6.07) is 4.96. The molecule has 1 aliphatic carbocycles. The molecule has 2 heteroatoms. The number of hydrogen-bond acceptors (Lipinski definition) is 1. The zero-order valence-corrected chi connectivity index (χ0v) is 12.5. The fraction of sp³-hybridized carbons (Fsp3) is 1.00. The first-order valence-corrected chi connectivity index (χ1v) is 10.3. The van der Waals surface area contributed by atoms with E-state index in [2.05, 4.69) is 25.0 Å². The average molecular weight is 239 g/mol. The predicted molar refractivity (Wildman–Crippen MR) is 74.3 cm³/mol. The van der Waals surface area contributed by atoms with Crippen molar-refractivity contribution in [2.75, 3.05) is 0 Å². The second-order valence-corrected chi connectivity index (χ2v) is 10.8. The molecule has 0 amide bonds. The summed E-state index contributed by atoms with van der Waals surface area (Å²) < 4.78 is 3.06. The van der Waals surface area contributed by atoms with Gasteiger partial charge in [0, 0.05) is 12.1 Å². The Hall–Kier alpha value is 0.177. The molecule has 1 saturated heterocycles. The van der Waals surface area contributed by atoms with Gasteiger partial charge in [-0.25, -0.2) is 0 Å². The van der Waals surface area contributed by atoms with E-state index in [4.69, 9.17) is 0 Å². The van der Waals surface area contributed by atoms with Gasteiger partial charge in [0.2, 0.25) is 0 Å². The minimum Gasteiger partial charge on any atom is -0.318 e. The summed E-state index contributed by atoms with van der Waals surface area (Å²) in [5, 5.41) is 0. The third kappa shape index (κ3) is 2.38. The monoisotopic (exact) mass is 239 g/mol. The molecule has 0 aromatic rings. The third-order valence-electron chi connectivity index (χ3n) is 5.09. The molecule has 16 heavy (non-hydrogen) atoms. The largest absolute Gasteiger partial charge is 0.318 e. The topological polar surface area (TPSA) is 3.24 Å². The van der Waals surface area contributed by atoms with Gasteiger partial charge in [0.25, 0.3) is 0 Å². The first kappa shape index (κ1) is 12.6. The highest BCUT2D eigenvalue weighted by atomic mass is 28.3. The highest BCUT2D eigenvalue weighted by Crippen LogP contribution is 2.39. The number of hydrogen-bond donors (Lipinski definition) is 0. The van der Waals surface area contributed by atoms with Gasteiger partial charge in [0.05, 0.1) is 0 Å². The summed E-state index contributed by atoms with van der Waals surface area (Å²) in [7, 11) is -1.03. The molecule has 0 aromatic heterocycles. The maximum Gasteiger partial charge on any atom is 0.125 e. The van der Waals surface area contributed by atoms with Crippen molar-refractivity contribution in [1.29, 1.82) is 0 Å². The van der Waals surface area contributed by atoms with Crippen molar-refractivity contribution in [2.45, 2.75) is 89.5 Å². The molecule has 2 aliphatic rings. The minimum atomic E-state index is -1.03. The maximum atomic E-state index is 3.06. The molecule has 94 valence electrons. The van der Waals surface area contributed by atoms with Crippen LogP contribution in [0.2, 0.25) is 18.6 Å². The molecular weight excluding hydrogens is 210 g/mol. The van der Waals surface area contributed by atoms with Crippen LogP contribution in [-0.2, 0) is 0 Å². The molecule has 0 N–H and O–H groups in total. The molecule has 1 nitrogen and oxygen atoms in total. The van der Waals surface area contributed by atoms with Crippen LogP contribution < -0.4 is 0 Å². The first-order valence-electron chi connectivity index (χ1n) is 7.46. The van der Waals surface area contributed by atoms with Gasteiger partial charge in [0.1, 0.15) is 8.24 Å². The van der Waals surface area contributed by atoms with Crippen LogP contribution >= 0.6 is 0 Å². The van der Waals surface area contributed by atoms with E-state index in [1.165, 1.54) is 44.9 Å². The summed E-state index contributed by atoms with van der Waals surface area (Å²) in [6.07, 6.45) is 10.3. The van der Waals surface area contributed by atoms with E-state index >= 15 is 0 Å². The van der Waals surface area contributed by atoms with Crippen LogP contribution in [0.5, 0.6) is 0 Å². The van der Waals surface area contributed by atoms with Gasteiger partial charge in [-0.3, -0.25) is 0 Å². The summed E-state index contributed by atoms with van der Waals surface area (Å²) in [5.41, 5.74) is 0. The Morgan fingerprint density at radius 2 is 1.69 bits per heavy atom. The maximum absolute atomic E-state index is 3.06. The molecule has 0 bridgehead atoms. The highest BCUT2D eigenvalue weighted by molar-refractivity contribution is 6.76. The van der Waals surface area contributed by atoms with Crippen molar-refractivity contribution in [3.8, 4) is 0 Å². The van der Waals surface area contributed by atoms with Crippen molar-refractivity contribution in [1.82, 2.24) is 4.57 Å². The third-order valence-corrected chi connectivity index (χ3v) is 10.0. The molecule has 2 rings (SSSR count). The minimum absolute atomic E-state index is 0.845. The van der Waals surface area contributed by atoms with Gasteiger partial charge in [-0.05, 0) is 31.4 Å². The zero-order valence-electron chi connectivity index (χ0n) is 11.5. The molecule has 1 unspecified atom stereocenters. The van der Waals surface area contributed by atoms with Gasteiger partial charge in [-0.1, -0.05) is 46.1 Å². The Morgan fingerprint density at radius 3 is 2.19 bits per heavy atom. The molecule has 1 atom stereocenters. The van der Waals surface area contributed by atoms with Crippen LogP contribution in [0, 0.1) is 0 Å². The van der Waals surface area contributed by atoms with Crippen LogP contribution in [0.15, 0.2) is 0 Å². The summed E-state index contributed by atoms with van der Waals surface area (Å²) in [5.74, 6) is 0. The zero-order chi connectivity index (χ0) is 11.6. The lowest BCUT2D eigenvalue weighted by Crippen LogP contribution is -2.57. The lowest BCUT2D eigenvalue weighted by Gasteiger charge is -2.45. The normalized spacial score (nSPS) is 27.8.